The summed E-state index contributed by atoms with van der Waals surface area (Å²) in [5.41, 5.74) is -1.26. The second kappa shape index (κ2) is 18.0. The van der Waals surface area contributed by atoms with Crippen molar-refractivity contribution in [2.24, 2.45) is 11.8 Å². The predicted octanol–water partition coefficient (Wildman–Crippen LogP) is 4.61. The van der Waals surface area contributed by atoms with Crippen LogP contribution in [0.4, 0.5) is 0 Å². The molecule has 0 spiro atoms. The van der Waals surface area contributed by atoms with E-state index in [2.05, 4.69) is 24.1 Å². The van der Waals surface area contributed by atoms with Crippen LogP contribution in [0.2, 0.25) is 5.15 Å². The zero-order valence-electron chi connectivity index (χ0n) is 30.0. The van der Waals surface area contributed by atoms with Crippen LogP contribution < -0.4 is 5.32 Å². The average molecular weight is 707 g/mol. The van der Waals surface area contributed by atoms with Crippen molar-refractivity contribution in [2.75, 3.05) is 7.11 Å². The van der Waals surface area contributed by atoms with Crippen molar-refractivity contribution in [1.29, 1.82) is 0 Å². The number of aliphatic hydroxyl groups excluding tert-OH is 1. The third-order valence-electron chi connectivity index (χ3n) is 9.50. The molecule has 1 saturated heterocycles. The van der Waals surface area contributed by atoms with Gasteiger partial charge in [-0.3, -0.25) is 9.59 Å². The number of epoxide rings is 1. The molecule has 11 nitrogen and oxygen atoms in total. The van der Waals surface area contributed by atoms with Gasteiger partial charge in [-0.2, -0.15) is 0 Å². The minimum absolute atomic E-state index is 0.0171. The molecule has 0 saturated carbocycles. The van der Waals surface area contributed by atoms with E-state index in [9.17, 15) is 24.9 Å². The zero-order valence-corrected chi connectivity index (χ0v) is 30.7. The first-order chi connectivity index (χ1) is 23.0. The van der Waals surface area contributed by atoms with Gasteiger partial charge in [0.25, 0.3) is 0 Å². The van der Waals surface area contributed by atoms with Gasteiger partial charge >= 0.3 is 11.9 Å². The molecular weight excluding hydrogens is 652 g/mol. The lowest BCUT2D eigenvalue weighted by Gasteiger charge is -2.32. The highest BCUT2D eigenvalue weighted by Crippen LogP contribution is 2.39. The summed E-state index contributed by atoms with van der Waals surface area (Å²) in [6.45, 7) is 12.8. The number of aliphatic hydroxyl groups is 3. The van der Waals surface area contributed by atoms with Gasteiger partial charge in [0, 0.05) is 38.6 Å². The number of aromatic nitrogens is 1. The lowest BCUT2D eigenvalue weighted by atomic mass is 9.87. The number of esters is 2. The van der Waals surface area contributed by atoms with Gasteiger partial charge in [0.15, 0.2) is 0 Å². The molecule has 1 aromatic rings. The Balaban J connectivity index is 1.87. The van der Waals surface area contributed by atoms with E-state index >= 15 is 0 Å². The smallest absolute Gasteiger partial charge is 0.309 e. The molecule has 274 valence electrons. The molecule has 0 aliphatic carbocycles. The molecule has 4 N–H and O–H groups in total. The van der Waals surface area contributed by atoms with E-state index in [-0.39, 0.29) is 43.5 Å². The van der Waals surface area contributed by atoms with Crippen LogP contribution in [-0.4, -0.2) is 93.2 Å². The van der Waals surface area contributed by atoms with Gasteiger partial charge < -0.3 is 39.6 Å². The predicted molar refractivity (Wildman–Crippen MR) is 187 cm³/mol. The summed E-state index contributed by atoms with van der Waals surface area (Å²) in [7, 11) is 1.69. The lowest BCUT2D eigenvalue weighted by molar-refractivity contribution is -0.157. The Labute approximate surface area is 295 Å². The molecular formula is C37H55ClN2O9. The van der Waals surface area contributed by atoms with Crippen molar-refractivity contribution in [2.45, 2.75) is 135 Å². The number of carbonyl (C=O) groups excluding carboxylic acids is 2. The van der Waals surface area contributed by atoms with E-state index in [0.29, 0.717) is 17.3 Å². The molecule has 3 unspecified atom stereocenters. The van der Waals surface area contributed by atoms with E-state index in [1.165, 1.54) is 13.8 Å². The second-order valence-corrected chi connectivity index (χ2v) is 14.3. The van der Waals surface area contributed by atoms with Gasteiger partial charge in [-0.1, -0.05) is 62.7 Å². The second-order valence-electron chi connectivity index (χ2n) is 13.9. The van der Waals surface area contributed by atoms with Crippen LogP contribution in [0.5, 0.6) is 0 Å². The van der Waals surface area contributed by atoms with Gasteiger partial charge in [0.05, 0.1) is 36.4 Å². The molecule has 0 bridgehead atoms. The van der Waals surface area contributed by atoms with E-state index in [1.54, 1.807) is 56.7 Å². The molecule has 0 aromatic carbocycles. The number of carbonyl (C=O) groups is 2. The highest BCUT2D eigenvalue weighted by molar-refractivity contribution is 6.29. The summed E-state index contributed by atoms with van der Waals surface area (Å²) in [6, 6.07) is 3.09. The Morgan fingerprint density at radius 3 is 2.61 bits per heavy atom. The van der Waals surface area contributed by atoms with Crippen LogP contribution in [0, 0.1) is 11.8 Å². The maximum Gasteiger partial charge on any atom is 0.309 e. The van der Waals surface area contributed by atoms with Crippen LogP contribution in [-0.2, 0) is 35.1 Å². The summed E-state index contributed by atoms with van der Waals surface area (Å²) < 4.78 is 23.1. The molecule has 2 aliphatic heterocycles. The molecule has 2 aliphatic rings. The average Bonchev–Trinajstić information content (AvgIpc) is 3.81. The van der Waals surface area contributed by atoms with Gasteiger partial charge in [0.1, 0.15) is 29.1 Å². The fraction of sp³-hybridized carbons (Fsp3) is 0.649. The van der Waals surface area contributed by atoms with Crippen molar-refractivity contribution < 1.29 is 43.9 Å². The quantitative estimate of drug-likeness (QED) is 0.0746. The summed E-state index contributed by atoms with van der Waals surface area (Å²) in [6.07, 6.45) is 7.88. The number of halogens is 1. The van der Waals surface area contributed by atoms with Gasteiger partial charge in [-0.25, -0.2) is 4.98 Å². The van der Waals surface area contributed by atoms with E-state index in [0.717, 1.165) is 12.0 Å². The summed E-state index contributed by atoms with van der Waals surface area (Å²) in [5.74, 6) is -1.41. The lowest BCUT2D eigenvalue weighted by Crippen LogP contribution is -2.52. The number of allylic oxidation sites excluding steroid dienone is 2. The first kappa shape index (κ1) is 40.8. The zero-order chi connectivity index (χ0) is 36.5. The maximum absolute atomic E-state index is 12.9. The Bertz CT molecular complexity index is 1330. The van der Waals surface area contributed by atoms with E-state index in [4.69, 9.17) is 30.5 Å². The monoisotopic (exact) mass is 706 g/mol. The van der Waals surface area contributed by atoms with Crippen molar-refractivity contribution in [3.8, 4) is 0 Å². The van der Waals surface area contributed by atoms with Crippen LogP contribution in [0.1, 0.15) is 79.7 Å². The largest absolute Gasteiger partial charge is 0.457 e. The van der Waals surface area contributed by atoms with Gasteiger partial charge in [0.2, 0.25) is 0 Å². The number of hydrogen-bond acceptors (Lipinski definition) is 11. The fourth-order valence-electron chi connectivity index (χ4n) is 6.41. The Hall–Kier alpha value is -2.64. The molecule has 1 aromatic heterocycles. The van der Waals surface area contributed by atoms with Crippen LogP contribution in [0.15, 0.2) is 54.3 Å². The maximum atomic E-state index is 12.9. The first-order valence-corrected chi connectivity index (χ1v) is 17.4. The molecule has 0 amide bonds. The number of cyclic esters (lactones) is 1. The first-order valence-electron chi connectivity index (χ1n) is 17.0. The standard InChI is InChI=1S/C37H55ClN2O9/c1-9-28(46-8)24(4)33-34(49-33)35(40-21-26-13-15-30(38)39-20-26)37(7,45)17-10-11-22(2)32-23(3)12-14-29(47-25(5)41)36(6,44)18-16-27(42)19-31(43)48-32/h10-15,17,20,23-24,27-29,32-35,40,42,44-45H,9,16,18-19,21H2,1-8H3/b14-12+,17-10+,22-11+/t23-,24+,27+,28-,29-,32?,33+,34-,35?,36+,37?/m0/s1. The van der Waals surface area contributed by atoms with E-state index in [1.807, 2.05) is 19.9 Å². The van der Waals surface area contributed by atoms with E-state index < -0.39 is 53.4 Å². The molecule has 11 atom stereocenters. The van der Waals surface area contributed by atoms with Gasteiger partial charge in [-0.15, -0.1) is 0 Å². The van der Waals surface area contributed by atoms with Crippen molar-refractivity contribution >= 4 is 23.5 Å². The van der Waals surface area contributed by atoms with Crippen LogP contribution in [0.25, 0.3) is 0 Å². The number of hydrogen-bond donors (Lipinski definition) is 4. The Morgan fingerprint density at radius 2 is 2.00 bits per heavy atom. The molecule has 1 fully saturated rings. The molecule has 3 rings (SSSR count). The van der Waals surface area contributed by atoms with Crippen molar-refractivity contribution in [3.63, 3.8) is 0 Å². The normalized spacial score (nSPS) is 32.2. The van der Waals surface area contributed by atoms with Gasteiger partial charge in [-0.05, 0) is 63.3 Å². The Kier molecular flexibility index (Phi) is 15.0. The number of nitrogens with zero attached hydrogens (tertiary/aromatic N) is 1. The number of rotatable bonds is 13. The molecule has 49 heavy (non-hydrogen) atoms. The summed E-state index contributed by atoms with van der Waals surface area (Å²) >= 11 is 5.97. The number of methoxy groups -OCH3 is 1. The SMILES string of the molecule is CC[C@H](OC)[C@@H](C)[C@H]1O[C@@H]1C(NCc1ccc(Cl)nc1)C(C)(O)/C=C/C=C(\C)C1OC(=O)C[C@H](O)CC[C@@](C)(O)[C@@H](OC(C)=O)/C=C/[C@@H]1C. The van der Waals surface area contributed by atoms with Crippen LogP contribution in [0.3, 0.4) is 0 Å². The minimum Gasteiger partial charge on any atom is -0.457 e. The van der Waals surface area contributed by atoms with Crippen molar-refractivity contribution in [1.82, 2.24) is 10.3 Å². The minimum atomic E-state index is -1.46. The third kappa shape index (κ3) is 12.0. The van der Waals surface area contributed by atoms with Crippen LogP contribution >= 0.6 is 11.6 Å². The summed E-state index contributed by atoms with van der Waals surface area (Å²) in [5, 5.41) is 37.3. The number of pyridine rings is 1. The summed E-state index contributed by atoms with van der Waals surface area (Å²) in [4.78, 5) is 28.8. The third-order valence-corrected chi connectivity index (χ3v) is 9.73. The topological polar surface area (TPSA) is 160 Å². The van der Waals surface area contributed by atoms with Crippen molar-refractivity contribution in [3.05, 3.63) is 65.0 Å². The number of ether oxygens (including phenoxy) is 4. The fourth-order valence-corrected chi connectivity index (χ4v) is 6.52. The highest BCUT2D eigenvalue weighted by atomic mass is 35.5. The Morgan fingerprint density at radius 1 is 1.29 bits per heavy atom. The highest BCUT2D eigenvalue weighted by Gasteiger charge is 2.54. The molecule has 0 radical (unpaired) electrons. The molecule has 3 heterocycles. The molecule has 12 heteroatoms. The number of nitrogens with one attached hydrogen (secondary N) is 1.